The van der Waals surface area contributed by atoms with Crippen LogP contribution >= 0.6 is 23.2 Å². The number of rotatable bonds is 8. The molecule has 2 aromatic rings. The molecule has 2 N–H and O–H groups in total. The number of aliphatic carboxylic acids is 1. The first kappa shape index (κ1) is 22.1. The van der Waals surface area contributed by atoms with Crippen LogP contribution in [0.15, 0.2) is 47.6 Å². The minimum Gasteiger partial charge on any atom is -0.481 e. The molecule has 0 fully saturated rings. The summed E-state index contributed by atoms with van der Waals surface area (Å²) in [7, 11) is 0. The zero-order valence-electron chi connectivity index (χ0n) is 16.6. The SMILES string of the molecule is Cc1ccc(C2CC(C(=O)NCCCCC(=O)O)=NN2c2ccc(Cl)cc2Cl)cc1. The summed E-state index contributed by atoms with van der Waals surface area (Å²) in [5.74, 6) is -1.09. The van der Waals surface area contributed by atoms with Crippen molar-refractivity contribution in [3.63, 3.8) is 0 Å². The summed E-state index contributed by atoms with van der Waals surface area (Å²) in [6, 6.07) is 13.1. The van der Waals surface area contributed by atoms with Crippen molar-refractivity contribution in [2.24, 2.45) is 5.10 Å². The number of carbonyl (C=O) groups excluding carboxylic acids is 1. The Bertz CT molecular complexity index is 961. The van der Waals surface area contributed by atoms with Crippen LogP contribution in [0.1, 0.15) is 42.9 Å². The number of amides is 1. The van der Waals surface area contributed by atoms with E-state index < -0.39 is 5.97 Å². The summed E-state index contributed by atoms with van der Waals surface area (Å²) >= 11 is 12.5. The first-order valence-electron chi connectivity index (χ1n) is 9.73. The number of carbonyl (C=O) groups is 2. The molecular formula is C22H23Cl2N3O3. The van der Waals surface area contributed by atoms with Crippen LogP contribution in [0.4, 0.5) is 5.69 Å². The van der Waals surface area contributed by atoms with Gasteiger partial charge in [-0.15, -0.1) is 0 Å². The average molecular weight is 448 g/mol. The molecule has 3 rings (SSSR count). The van der Waals surface area contributed by atoms with Crippen molar-refractivity contribution in [3.8, 4) is 0 Å². The summed E-state index contributed by atoms with van der Waals surface area (Å²) in [5, 5.41) is 18.8. The van der Waals surface area contributed by atoms with Crippen molar-refractivity contribution in [1.29, 1.82) is 0 Å². The topological polar surface area (TPSA) is 82.0 Å². The number of anilines is 1. The lowest BCUT2D eigenvalue weighted by Gasteiger charge is -2.25. The number of benzene rings is 2. The maximum absolute atomic E-state index is 12.7. The minimum atomic E-state index is -0.835. The molecule has 8 heteroatoms. The van der Waals surface area contributed by atoms with Crippen LogP contribution < -0.4 is 10.3 Å². The Kier molecular flexibility index (Phi) is 7.34. The Balaban J connectivity index is 1.78. The highest BCUT2D eigenvalue weighted by molar-refractivity contribution is 6.40. The second-order valence-electron chi connectivity index (χ2n) is 7.22. The maximum atomic E-state index is 12.7. The van der Waals surface area contributed by atoms with Gasteiger partial charge in [0.2, 0.25) is 0 Å². The Morgan fingerprint density at radius 1 is 1.17 bits per heavy atom. The largest absolute Gasteiger partial charge is 0.481 e. The third-order valence-electron chi connectivity index (χ3n) is 4.89. The summed E-state index contributed by atoms with van der Waals surface area (Å²) in [6.07, 6.45) is 1.64. The van der Waals surface area contributed by atoms with E-state index in [9.17, 15) is 9.59 Å². The lowest BCUT2D eigenvalue weighted by atomic mass is 10.00. The van der Waals surface area contributed by atoms with E-state index in [1.165, 1.54) is 0 Å². The molecule has 30 heavy (non-hydrogen) atoms. The Labute approximate surface area is 185 Å². The van der Waals surface area contributed by atoms with E-state index in [0.717, 1.165) is 11.1 Å². The van der Waals surface area contributed by atoms with Gasteiger partial charge in [0.1, 0.15) is 5.71 Å². The number of carboxylic acids is 1. The molecule has 0 radical (unpaired) electrons. The van der Waals surface area contributed by atoms with Crippen molar-refractivity contribution < 1.29 is 14.7 Å². The van der Waals surface area contributed by atoms with E-state index in [-0.39, 0.29) is 18.4 Å². The highest BCUT2D eigenvalue weighted by Gasteiger charge is 2.33. The fraction of sp³-hybridized carbons (Fsp3) is 0.318. The maximum Gasteiger partial charge on any atom is 0.303 e. The first-order valence-corrected chi connectivity index (χ1v) is 10.5. The summed E-state index contributed by atoms with van der Waals surface area (Å²) in [5.41, 5.74) is 3.26. The third-order valence-corrected chi connectivity index (χ3v) is 5.43. The van der Waals surface area contributed by atoms with E-state index >= 15 is 0 Å². The van der Waals surface area contributed by atoms with Gasteiger partial charge in [-0.3, -0.25) is 14.6 Å². The van der Waals surface area contributed by atoms with Crippen LogP contribution in [-0.4, -0.2) is 29.2 Å². The quantitative estimate of drug-likeness (QED) is 0.558. The monoisotopic (exact) mass is 447 g/mol. The molecule has 0 spiro atoms. The second-order valence-corrected chi connectivity index (χ2v) is 8.07. The number of carboxylic acid groups (broad SMARTS) is 1. The van der Waals surface area contributed by atoms with Gasteiger partial charge in [-0.05, 0) is 43.5 Å². The van der Waals surface area contributed by atoms with Gasteiger partial charge in [-0.25, -0.2) is 0 Å². The number of nitrogens with zero attached hydrogens (tertiary/aromatic N) is 2. The standard InChI is InChI=1S/C22H23Cl2N3O3/c1-14-5-7-15(8-6-14)20-13-18(22(30)25-11-3-2-4-21(28)29)26-27(20)19-10-9-16(23)12-17(19)24/h5-10,12,20H,2-4,11,13H2,1H3,(H,25,30)(H,28,29). The molecule has 0 aromatic heterocycles. The molecule has 1 amide bonds. The van der Waals surface area contributed by atoms with E-state index in [1.54, 1.807) is 23.2 Å². The Morgan fingerprint density at radius 3 is 2.57 bits per heavy atom. The highest BCUT2D eigenvalue weighted by Crippen LogP contribution is 2.39. The van der Waals surface area contributed by atoms with E-state index in [4.69, 9.17) is 28.3 Å². The van der Waals surface area contributed by atoms with Gasteiger partial charge >= 0.3 is 5.97 Å². The molecule has 158 valence electrons. The number of hydrazone groups is 1. The van der Waals surface area contributed by atoms with Gasteiger partial charge < -0.3 is 10.4 Å². The minimum absolute atomic E-state index is 0.0924. The summed E-state index contributed by atoms with van der Waals surface area (Å²) in [4.78, 5) is 23.2. The second kappa shape index (κ2) is 9.96. The molecule has 1 atom stereocenters. The molecule has 0 saturated carbocycles. The number of hydrogen-bond acceptors (Lipinski definition) is 4. The molecular weight excluding hydrogens is 425 g/mol. The van der Waals surface area contributed by atoms with Gasteiger partial charge in [-0.2, -0.15) is 5.10 Å². The van der Waals surface area contributed by atoms with Crippen LogP contribution in [0.2, 0.25) is 10.0 Å². The Hall–Kier alpha value is -2.57. The Morgan fingerprint density at radius 2 is 1.90 bits per heavy atom. The summed E-state index contributed by atoms with van der Waals surface area (Å²) < 4.78 is 0. The molecule has 0 aliphatic carbocycles. The smallest absolute Gasteiger partial charge is 0.303 e. The fourth-order valence-corrected chi connectivity index (χ4v) is 3.79. The van der Waals surface area contributed by atoms with Crippen molar-refractivity contribution in [2.75, 3.05) is 11.6 Å². The predicted octanol–water partition coefficient (Wildman–Crippen LogP) is 4.98. The van der Waals surface area contributed by atoms with Crippen molar-refractivity contribution >= 4 is 46.5 Å². The molecule has 0 bridgehead atoms. The number of nitrogens with one attached hydrogen (secondary N) is 1. The highest BCUT2D eigenvalue weighted by atomic mass is 35.5. The van der Waals surface area contributed by atoms with E-state index in [0.29, 0.717) is 47.3 Å². The third kappa shape index (κ3) is 5.52. The first-order chi connectivity index (χ1) is 14.3. The van der Waals surface area contributed by atoms with Crippen molar-refractivity contribution in [1.82, 2.24) is 5.32 Å². The van der Waals surface area contributed by atoms with Gasteiger partial charge in [0.15, 0.2) is 0 Å². The molecule has 2 aromatic carbocycles. The number of halogens is 2. The fourth-order valence-electron chi connectivity index (χ4n) is 3.29. The lowest BCUT2D eigenvalue weighted by molar-refractivity contribution is -0.137. The van der Waals surface area contributed by atoms with E-state index in [1.807, 2.05) is 31.2 Å². The van der Waals surface area contributed by atoms with E-state index in [2.05, 4.69) is 10.4 Å². The van der Waals surface area contributed by atoms with Gasteiger partial charge in [-0.1, -0.05) is 53.0 Å². The molecule has 0 saturated heterocycles. The summed E-state index contributed by atoms with van der Waals surface area (Å²) in [6.45, 7) is 2.42. The zero-order valence-corrected chi connectivity index (χ0v) is 18.1. The predicted molar refractivity (Wildman–Crippen MR) is 119 cm³/mol. The van der Waals surface area contributed by atoms with Gasteiger partial charge in [0, 0.05) is 24.4 Å². The van der Waals surface area contributed by atoms with Crippen molar-refractivity contribution in [2.45, 2.75) is 38.6 Å². The van der Waals surface area contributed by atoms with Crippen molar-refractivity contribution in [3.05, 3.63) is 63.6 Å². The number of aryl methyl sites for hydroxylation is 1. The molecule has 1 heterocycles. The molecule has 1 aliphatic heterocycles. The van der Waals surface area contributed by atoms with Gasteiger partial charge in [0.05, 0.1) is 16.8 Å². The van der Waals surface area contributed by atoms with Crippen LogP contribution in [0, 0.1) is 6.92 Å². The number of unbranched alkanes of at least 4 members (excludes halogenated alkanes) is 1. The molecule has 6 nitrogen and oxygen atoms in total. The van der Waals surface area contributed by atoms with Crippen LogP contribution in [0.25, 0.3) is 0 Å². The molecule has 1 unspecified atom stereocenters. The van der Waals surface area contributed by atoms with Crippen LogP contribution in [0.3, 0.4) is 0 Å². The number of hydrogen-bond donors (Lipinski definition) is 2. The lowest BCUT2D eigenvalue weighted by Crippen LogP contribution is -2.31. The molecule has 1 aliphatic rings. The average Bonchev–Trinajstić information content (AvgIpc) is 3.13. The van der Waals surface area contributed by atoms with Gasteiger partial charge in [0.25, 0.3) is 5.91 Å². The zero-order chi connectivity index (χ0) is 21.7. The van der Waals surface area contributed by atoms with Crippen LogP contribution in [-0.2, 0) is 9.59 Å². The normalized spacial score (nSPS) is 15.8. The van der Waals surface area contributed by atoms with Crippen LogP contribution in [0.5, 0.6) is 0 Å².